The molecule has 4 nitrogen and oxygen atoms in total. The van der Waals surface area contributed by atoms with E-state index in [9.17, 15) is 14.4 Å². The molecule has 0 fully saturated rings. The maximum atomic E-state index is 13.7. The number of hydrogen-bond donors (Lipinski definition) is 0. The number of nitrogens with zero attached hydrogens (tertiary/aromatic N) is 1. The fourth-order valence-corrected chi connectivity index (χ4v) is 2.81. The van der Waals surface area contributed by atoms with Crippen LogP contribution in [0.2, 0.25) is 0 Å². The number of nitriles is 1. The molecule has 0 atom stereocenters. The average Bonchev–Trinajstić information content (AvgIpc) is 2.73. The molecule has 0 aliphatic rings. The van der Waals surface area contributed by atoms with Crippen LogP contribution in [0.15, 0.2) is 66.7 Å². The van der Waals surface area contributed by atoms with E-state index in [0.29, 0.717) is 11.1 Å². The van der Waals surface area contributed by atoms with Crippen molar-refractivity contribution in [2.24, 2.45) is 0 Å². The fraction of sp³-hybridized carbons (Fsp3) is 0.130. The molecule has 0 unspecified atom stereocenters. The molecule has 0 N–H and O–H groups in total. The normalized spacial score (nSPS) is 10.2. The Morgan fingerprint density at radius 3 is 2.43 bits per heavy atom. The SMILES string of the molecule is COc1ccc(CC(=O)OCc2ccc(-c3ccccc3C#N)cc2)cc1F. The number of carbonyl (C=O) groups excluding carboxylic acids is 1. The van der Waals surface area contributed by atoms with Crippen molar-refractivity contribution in [2.45, 2.75) is 13.0 Å². The van der Waals surface area contributed by atoms with Crippen LogP contribution in [0.1, 0.15) is 16.7 Å². The Kier molecular flexibility index (Phi) is 6.03. The molecule has 0 saturated carbocycles. The van der Waals surface area contributed by atoms with Crippen molar-refractivity contribution in [1.29, 1.82) is 5.26 Å². The van der Waals surface area contributed by atoms with Gasteiger partial charge < -0.3 is 9.47 Å². The molecule has 3 aromatic carbocycles. The van der Waals surface area contributed by atoms with Gasteiger partial charge in [0.05, 0.1) is 25.2 Å². The maximum absolute atomic E-state index is 13.7. The molecular formula is C23H18FNO3. The van der Waals surface area contributed by atoms with Gasteiger partial charge in [0.2, 0.25) is 0 Å². The van der Waals surface area contributed by atoms with Crippen LogP contribution < -0.4 is 4.74 Å². The van der Waals surface area contributed by atoms with E-state index in [0.717, 1.165) is 16.7 Å². The van der Waals surface area contributed by atoms with Crippen LogP contribution in [0.4, 0.5) is 4.39 Å². The van der Waals surface area contributed by atoms with Gasteiger partial charge in [-0.3, -0.25) is 4.79 Å². The monoisotopic (exact) mass is 375 g/mol. The van der Waals surface area contributed by atoms with Gasteiger partial charge in [-0.15, -0.1) is 0 Å². The largest absolute Gasteiger partial charge is 0.494 e. The van der Waals surface area contributed by atoms with Crippen molar-refractivity contribution in [3.63, 3.8) is 0 Å². The summed E-state index contributed by atoms with van der Waals surface area (Å²) >= 11 is 0. The minimum absolute atomic E-state index is 0.0193. The van der Waals surface area contributed by atoms with Gasteiger partial charge in [0, 0.05) is 0 Å². The summed E-state index contributed by atoms with van der Waals surface area (Å²) in [6.45, 7) is 0.123. The van der Waals surface area contributed by atoms with Crippen LogP contribution in [0.3, 0.4) is 0 Å². The summed E-state index contributed by atoms with van der Waals surface area (Å²) in [4.78, 5) is 12.0. The highest BCUT2D eigenvalue weighted by molar-refractivity contribution is 5.73. The van der Waals surface area contributed by atoms with E-state index in [-0.39, 0.29) is 18.8 Å². The zero-order chi connectivity index (χ0) is 19.9. The van der Waals surface area contributed by atoms with Crippen molar-refractivity contribution < 1.29 is 18.7 Å². The number of halogens is 1. The summed E-state index contributed by atoms with van der Waals surface area (Å²) in [7, 11) is 1.39. The fourth-order valence-electron chi connectivity index (χ4n) is 2.81. The van der Waals surface area contributed by atoms with Gasteiger partial charge in [0.15, 0.2) is 11.6 Å². The highest BCUT2D eigenvalue weighted by Crippen LogP contribution is 2.24. The van der Waals surface area contributed by atoms with Crippen molar-refractivity contribution in [2.75, 3.05) is 7.11 Å². The Balaban J connectivity index is 1.60. The van der Waals surface area contributed by atoms with Crippen molar-refractivity contribution in [1.82, 2.24) is 0 Å². The number of ether oxygens (including phenoxy) is 2. The second-order valence-electron chi connectivity index (χ2n) is 6.16. The Morgan fingerprint density at radius 1 is 1.04 bits per heavy atom. The number of methoxy groups -OCH3 is 1. The van der Waals surface area contributed by atoms with Gasteiger partial charge in [0.25, 0.3) is 0 Å². The molecule has 0 aromatic heterocycles. The second-order valence-corrected chi connectivity index (χ2v) is 6.16. The number of esters is 1. The highest BCUT2D eigenvalue weighted by atomic mass is 19.1. The van der Waals surface area contributed by atoms with Crippen molar-refractivity contribution >= 4 is 5.97 Å². The van der Waals surface area contributed by atoms with E-state index >= 15 is 0 Å². The van der Waals surface area contributed by atoms with Gasteiger partial charge >= 0.3 is 5.97 Å². The first-order valence-electron chi connectivity index (χ1n) is 8.67. The third kappa shape index (κ3) is 4.54. The van der Waals surface area contributed by atoms with Crippen LogP contribution >= 0.6 is 0 Å². The van der Waals surface area contributed by atoms with E-state index in [2.05, 4.69) is 6.07 Å². The average molecular weight is 375 g/mol. The summed E-state index contributed by atoms with van der Waals surface area (Å²) in [5, 5.41) is 9.21. The zero-order valence-corrected chi connectivity index (χ0v) is 15.3. The Hall–Kier alpha value is -3.65. The number of hydrogen-bond acceptors (Lipinski definition) is 4. The van der Waals surface area contributed by atoms with Crippen molar-refractivity contribution in [3.05, 3.63) is 89.2 Å². The molecule has 0 heterocycles. The topological polar surface area (TPSA) is 59.3 Å². The lowest BCUT2D eigenvalue weighted by Crippen LogP contribution is -2.08. The molecule has 0 amide bonds. The summed E-state index contributed by atoms with van der Waals surface area (Å²) in [6, 6.07) is 21.4. The number of benzene rings is 3. The standard InChI is InChI=1S/C23H18FNO3/c1-27-22-11-8-17(12-21(22)24)13-23(26)28-15-16-6-9-18(10-7-16)20-5-3-2-4-19(20)14-25/h2-12H,13,15H2,1H3. The predicted molar refractivity (Wildman–Crippen MR) is 103 cm³/mol. The lowest BCUT2D eigenvalue weighted by atomic mass is 9.99. The highest BCUT2D eigenvalue weighted by Gasteiger charge is 2.09. The molecule has 0 saturated heterocycles. The molecule has 0 spiro atoms. The first-order valence-corrected chi connectivity index (χ1v) is 8.67. The number of rotatable bonds is 6. The van der Waals surface area contributed by atoms with Gasteiger partial charge in [-0.2, -0.15) is 5.26 Å². The Morgan fingerprint density at radius 2 is 1.75 bits per heavy atom. The van der Waals surface area contributed by atoms with E-state index < -0.39 is 11.8 Å². The van der Waals surface area contributed by atoms with Crippen LogP contribution in [-0.2, 0) is 22.6 Å². The van der Waals surface area contributed by atoms with Crippen molar-refractivity contribution in [3.8, 4) is 22.9 Å². The van der Waals surface area contributed by atoms with Crippen LogP contribution in [-0.4, -0.2) is 13.1 Å². The molecule has 3 rings (SSSR count). The third-order valence-corrected chi connectivity index (χ3v) is 4.28. The second kappa shape index (κ2) is 8.83. The maximum Gasteiger partial charge on any atom is 0.310 e. The molecule has 0 bridgehead atoms. The molecule has 0 aliphatic heterocycles. The minimum Gasteiger partial charge on any atom is -0.494 e. The molecule has 5 heteroatoms. The van der Waals surface area contributed by atoms with Gasteiger partial charge in [-0.25, -0.2) is 4.39 Å². The molecule has 0 radical (unpaired) electrons. The van der Waals surface area contributed by atoms with Gasteiger partial charge in [0.1, 0.15) is 6.61 Å². The zero-order valence-electron chi connectivity index (χ0n) is 15.3. The van der Waals surface area contributed by atoms with E-state index in [4.69, 9.17) is 9.47 Å². The van der Waals surface area contributed by atoms with Crippen LogP contribution in [0.5, 0.6) is 5.75 Å². The lowest BCUT2D eigenvalue weighted by molar-refractivity contribution is -0.144. The Labute approximate surface area is 162 Å². The molecular weight excluding hydrogens is 357 g/mol. The third-order valence-electron chi connectivity index (χ3n) is 4.28. The molecule has 28 heavy (non-hydrogen) atoms. The van der Waals surface area contributed by atoms with Gasteiger partial charge in [-0.1, -0.05) is 48.5 Å². The van der Waals surface area contributed by atoms with E-state index in [1.54, 1.807) is 12.1 Å². The number of carbonyl (C=O) groups is 1. The molecule has 0 aliphatic carbocycles. The lowest BCUT2D eigenvalue weighted by Gasteiger charge is -2.08. The predicted octanol–water partition coefficient (Wildman–Crippen LogP) is 4.66. The van der Waals surface area contributed by atoms with Gasteiger partial charge in [-0.05, 0) is 40.5 Å². The van der Waals surface area contributed by atoms with E-state index in [1.165, 1.54) is 19.2 Å². The quantitative estimate of drug-likeness (QED) is 0.588. The summed E-state index contributed by atoms with van der Waals surface area (Å²) in [5.74, 6) is -0.820. The smallest absolute Gasteiger partial charge is 0.310 e. The Bertz CT molecular complexity index is 1020. The summed E-state index contributed by atoms with van der Waals surface area (Å²) in [5.41, 5.74) is 3.73. The minimum atomic E-state index is -0.513. The summed E-state index contributed by atoms with van der Waals surface area (Å²) in [6.07, 6.45) is -0.0193. The molecule has 140 valence electrons. The van der Waals surface area contributed by atoms with Crippen LogP contribution in [0.25, 0.3) is 11.1 Å². The summed E-state index contributed by atoms with van der Waals surface area (Å²) < 4.78 is 23.8. The molecule has 3 aromatic rings. The first-order chi connectivity index (χ1) is 13.6. The van der Waals surface area contributed by atoms with Crippen LogP contribution in [0, 0.1) is 17.1 Å². The first kappa shape index (κ1) is 19.1. The van der Waals surface area contributed by atoms with E-state index in [1.807, 2.05) is 42.5 Å².